The van der Waals surface area contributed by atoms with Crippen molar-refractivity contribution in [2.45, 2.75) is 13.3 Å². The molecule has 0 fully saturated rings. The molecule has 0 bridgehead atoms. The molecule has 0 atom stereocenters. The van der Waals surface area contributed by atoms with E-state index in [9.17, 15) is 0 Å². The molecular formula is C12H17N3OS. The van der Waals surface area contributed by atoms with Gasteiger partial charge in [-0.1, -0.05) is 6.92 Å². The second-order valence-electron chi connectivity index (χ2n) is 3.72. The van der Waals surface area contributed by atoms with Gasteiger partial charge < -0.3 is 15.5 Å². The van der Waals surface area contributed by atoms with Crippen molar-refractivity contribution >= 4 is 34.6 Å². The topological polar surface area (TPSA) is 64.1 Å². The van der Waals surface area contributed by atoms with E-state index in [4.69, 9.17) is 10.2 Å². The van der Waals surface area contributed by atoms with Gasteiger partial charge in [0.2, 0.25) is 0 Å². The van der Waals surface area contributed by atoms with Gasteiger partial charge in [0.25, 0.3) is 6.01 Å². The lowest BCUT2D eigenvalue weighted by atomic mass is 10.3. The van der Waals surface area contributed by atoms with Gasteiger partial charge in [0.05, 0.1) is 0 Å². The molecule has 5 heteroatoms. The first-order valence-corrected chi connectivity index (χ1v) is 6.92. The average Bonchev–Trinajstić information content (AvgIpc) is 2.70. The average molecular weight is 251 g/mol. The van der Waals surface area contributed by atoms with Crippen LogP contribution in [0.5, 0.6) is 0 Å². The Balaban J connectivity index is 1.91. The Morgan fingerprint density at radius 1 is 1.47 bits per heavy atom. The van der Waals surface area contributed by atoms with Crippen molar-refractivity contribution in [3.8, 4) is 0 Å². The largest absolute Gasteiger partial charge is 0.424 e. The van der Waals surface area contributed by atoms with Gasteiger partial charge in [-0.15, -0.1) is 0 Å². The molecule has 0 spiro atoms. The van der Waals surface area contributed by atoms with Crippen molar-refractivity contribution in [3.63, 3.8) is 0 Å². The van der Waals surface area contributed by atoms with Crippen LogP contribution in [0, 0.1) is 0 Å². The molecule has 0 amide bonds. The summed E-state index contributed by atoms with van der Waals surface area (Å²) in [6.07, 6.45) is 1.11. The van der Waals surface area contributed by atoms with Crippen LogP contribution in [0.2, 0.25) is 0 Å². The van der Waals surface area contributed by atoms with Crippen LogP contribution in [0.1, 0.15) is 13.3 Å². The van der Waals surface area contributed by atoms with Crippen LogP contribution in [-0.4, -0.2) is 23.0 Å². The third kappa shape index (κ3) is 3.30. The van der Waals surface area contributed by atoms with E-state index < -0.39 is 0 Å². The predicted molar refractivity (Wildman–Crippen MR) is 74.5 cm³/mol. The highest BCUT2D eigenvalue weighted by atomic mass is 32.2. The Morgan fingerprint density at radius 2 is 2.35 bits per heavy atom. The van der Waals surface area contributed by atoms with Gasteiger partial charge in [0, 0.05) is 12.2 Å². The maximum Gasteiger partial charge on any atom is 0.295 e. The van der Waals surface area contributed by atoms with Crippen molar-refractivity contribution in [1.82, 2.24) is 4.98 Å². The van der Waals surface area contributed by atoms with Gasteiger partial charge in [-0.2, -0.15) is 16.7 Å². The Hall–Kier alpha value is -1.36. The quantitative estimate of drug-likeness (QED) is 0.610. The first-order chi connectivity index (χ1) is 8.29. The molecule has 1 heterocycles. The standard InChI is InChI=1S/C12H17N3OS/c1-2-17-7-3-6-14-12-15-10-8-9(13)4-5-11(10)16-12/h4-5,8H,2-3,6-7,13H2,1H3,(H,14,15). The lowest BCUT2D eigenvalue weighted by Crippen LogP contribution is -2.02. The molecule has 3 N–H and O–H groups in total. The van der Waals surface area contributed by atoms with E-state index in [1.165, 1.54) is 5.75 Å². The molecule has 2 aromatic rings. The lowest BCUT2D eigenvalue weighted by molar-refractivity contribution is 0.614. The number of hydrogen-bond donors (Lipinski definition) is 2. The summed E-state index contributed by atoms with van der Waals surface area (Å²) in [6, 6.07) is 6.05. The van der Waals surface area contributed by atoms with Gasteiger partial charge in [0.15, 0.2) is 5.58 Å². The van der Waals surface area contributed by atoms with Crippen LogP contribution < -0.4 is 11.1 Å². The van der Waals surface area contributed by atoms with Gasteiger partial charge in [0.1, 0.15) is 5.52 Å². The number of nitrogen functional groups attached to an aromatic ring is 1. The zero-order valence-electron chi connectivity index (χ0n) is 9.90. The van der Waals surface area contributed by atoms with E-state index in [0.29, 0.717) is 11.7 Å². The van der Waals surface area contributed by atoms with Crippen LogP contribution in [0.3, 0.4) is 0 Å². The number of nitrogens with zero attached hydrogens (tertiary/aromatic N) is 1. The second kappa shape index (κ2) is 5.82. The van der Waals surface area contributed by atoms with Crippen LogP contribution in [-0.2, 0) is 0 Å². The molecule has 1 aromatic heterocycles. The van der Waals surface area contributed by atoms with Gasteiger partial charge >= 0.3 is 0 Å². The van der Waals surface area contributed by atoms with E-state index >= 15 is 0 Å². The van der Waals surface area contributed by atoms with E-state index in [1.54, 1.807) is 0 Å². The van der Waals surface area contributed by atoms with E-state index in [0.717, 1.165) is 29.8 Å². The monoisotopic (exact) mass is 251 g/mol. The van der Waals surface area contributed by atoms with Crippen LogP contribution in [0.4, 0.5) is 11.7 Å². The molecule has 92 valence electrons. The predicted octanol–water partition coefficient (Wildman–Crippen LogP) is 2.97. The summed E-state index contributed by atoms with van der Waals surface area (Å²) in [5, 5.41) is 3.18. The number of benzene rings is 1. The van der Waals surface area contributed by atoms with Crippen LogP contribution in [0.25, 0.3) is 11.1 Å². The summed E-state index contributed by atoms with van der Waals surface area (Å²) < 4.78 is 5.54. The molecule has 0 aliphatic heterocycles. The minimum Gasteiger partial charge on any atom is -0.424 e. The summed E-state index contributed by atoms with van der Waals surface area (Å²) in [5.74, 6) is 2.33. The smallest absolute Gasteiger partial charge is 0.295 e. The highest BCUT2D eigenvalue weighted by Crippen LogP contribution is 2.20. The number of oxazole rings is 1. The fourth-order valence-corrected chi connectivity index (χ4v) is 2.17. The number of thioether (sulfide) groups is 1. The summed E-state index contributed by atoms with van der Waals surface area (Å²) in [6.45, 7) is 3.05. The summed E-state index contributed by atoms with van der Waals surface area (Å²) in [4.78, 5) is 4.33. The van der Waals surface area contributed by atoms with E-state index in [2.05, 4.69) is 17.2 Å². The summed E-state index contributed by atoms with van der Waals surface area (Å²) >= 11 is 1.94. The van der Waals surface area contributed by atoms with Gasteiger partial charge in [-0.05, 0) is 36.1 Å². The lowest BCUT2D eigenvalue weighted by Gasteiger charge is -2.00. The number of fused-ring (bicyclic) bond motifs is 1. The minimum absolute atomic E-state index is 0.576. The molecule has 2 rings (SSSR count). The molecule has 0 saturated heterocycles. The van der Waals surface area contributed by atoms with E-state index in [-0.39, 0.29) is 0 Å². The first kappa shape index (κ1) is 12.1. The zero-order valence-corrected chi connectivity index (χ0v) is 10.7. The molecule has 0 saturated carbocycles. The molecule has 4 nitrogen and oxygen atoms in total. The molecule has 1 aromatic carbocycles. The van der Waals surface area contributed by atoms with Crippen molar-refractivity contribution in [2.24, 2.45) is 0 Å². The van der Waals surface area contributed by atoms with Crippen molar-refractivity contribution in [1.29, 1.82) is 0 Å². The molecule has 17 heavy (non-hydrogen) atoms. The highest BCUT2D eigenvalue weighted by molar-refractivity contribution is 7.99. The Morgan fingerprint density at radius 3 is 3.18 bits per heavy atom. The maximum atomic E-state index is 5.68. The van der Waals surface area contributed by atoms with Gasteiger partial charge in [-0.25, -0.2) is 0 Å². The minimum atomic E-state index is 0.576. The Labute approximate surface area is 105 Å². The fraction of sp³-hybridized carbons (Fsp3) is 0.417. The first-order valence-electron chi connectivity index (χ1n) is 5.77. The van der Waals surface area contributed by atoms with E-state index in [1.807, 2.05) is 30.0 Å². The third-order valence-corrected chi connectivity index (χ3v) is 3.34. The molecule has 0 unspecified atom stereocenters. The Kier molecular flexibility index (Phi) is 4.14. The SMILES string of the molecule is CCSCCCNc1nc2cc(N)ccc2o1. The molecular weight excluding hydrogens is 234 g/mol. The summed E-state index contributed by atoms with van der Waals surface area (Å²) in [7, 11) is 0. The number of aromatic nitrogens is 1. The molecule has 0 radical (unpaired) electrons. The number of hydrogen-bond acceptors (Lipinski definition) is 5. The van der Waals surface area contributed by atoms with Gasteiger partial charge in [-0.3, -0.25) is 0 Å². The maximum absolute atomic E-state index is 5.68. The van der Waals surface area contributed by atoms with Crippen molar-refractivity contribution in [3.05, 3.63) is 18.2 Å². The molecule has 0 aliphatic carbocycles. The van der Waals surface area contributed by atoms with Crippen molar-refractivity contribution < 1.29 is 4.42 Å². The number of rotatable bonds is 6. The highest BCUT2D eigenvalue weighted by Gasteiger charge is 2.04. The van der Waals surface area contributed by atoms with Crippen LogP contribution in [0.15, 0.2) is 22.6 Å². The summed E-state index contributed by atoms with van der Waals surface area (Å²) in [5.41, 5.74) is 7.96. The molecule has 0 aliphatic rings. The fourth-order valence-electron chi connectivity index (χ4n) is 1.53. The zero-order chi connectivity index (χ0) is 12.1. The second-order valence-corrected chi connectivity index (χ2v) is 5.12. The van der Waals surface area contributed by atoms with Crippen molar-refractivity contribution in [2.75, 3.05) is 29.1 Å². The normalized spacial score (nSPS) is 10.9. The number of anilines is 2. The number of nitrogens with two attached hydrogens (primary N) is 1. The Bertz CT molecular complexity index is 484. The third-order valence-electron chi connectivity index (χ3n) is 2.36. The number of nitrogens with one attached hydrogen (secondary N) is 1. The van der Waals surface area contributed by atoms with Crippen LogP contribution >= 0.6 is 11.8 Å².